The Bertz CT molecular complexity index is 817. The van der Waals surface area contributed by atoms with Crippen molar-refractivity contribution in [2.45, 2.75) is 19.6 Å². The molecule has 0 fully saturated rings. The molecule has 0 saturated heterocycles. The predicted molar refractivity (Wildman–Crippen MR) is 91.8 cm³/mol. The third kappa shape index (κ3) is 6.36. The summed E-state index contributed by atoms with van der Waals surface area (Å²) in [5.41, 5.74) is -1.68. The van der Waals surface area contributed by atoms with E-state index in [2.05, 4.69) is 5.32 Å². The molecule has 146 valence electrons. The zero-order valence-corrected chi connectivity index (χ0v) is 14.6. The van der Waals surface area contributed by atoms with E-state index < -0.39 is 29.8 Å². The number of pyridine rings is 1. The Kier molecular flexibility index (Phi) is 6.86. The number of benzene rings is 1. The van der Waals surface area contributed by atoms with Gasteiger partial charge in [-0.2, -0.15) is 13.2 Å². The van der Waals surface area contributed by atoms with Crippen LogP contribution < -0.4 is 20.3 Å². The van der Waals surface area contributed by atoms with Gasteiger partial charge in [0.1, 0.15) is 24.7 Å². The fourth-order valence-corrected chi connectivity index (χ4v) is 2.19. The van der Waals surface area contributed by atoms with Crippen LogP contribution >= 0.6 is 0 Å². The van der Waals surface area contributed by atoms with Crippen LogP contribution in [0.2, 0.25) is 0 Å². The molecule has 9 heteroatoms. The minimum Gasteiger partial charge on any atom is -0.494 e. The molecule has 1 amide bonds. The van der Waals surface area contributed by atoms with Crippen molar-refractivity contribution < 1.29 is 27.4 Å². The first-order chi connectivity index (χ1) is 12.8. The van der Waals surface area contributed by atoms with Crippen molar-refractivity contribution in [3.05, 3.63) is 58.5 Å². The maximum Gasteiger partial charge on any atom is 0.417 e. The topological polar surface area (TPSA) is 69.6 Å². The van der Waals surface area contributed by atoms with Gasteiger partial charge in [-0.3, -0.25) is 9.59 Å². The van der Waals surface area contributed by atoms with Crippen LogP contribution in [0.5, 0.6) is 11.5 Å². The van der Waals surface area contributed by atoms with E-state index >= 15 is 0 Å². The molecule has 0 unspecified atom stereocenters. The van der Waals surface area contributed by atoms with E-state index in [0.29, 0.717) is 34.9 Å². The summed E-state index contributed by atoms with van der Waals surface area (Å²) in [6.45, 7) is 2.23. The standard InChI is InChI=1S/C18H19F3N2O4/c1-2-26-14-4-6-15(7-5-14)27-10-9-22-16(24)12-23-11-13(18(19,20)21)3-8-17(23)25/h3-8,11H,2,9-10,12H2,1H3,(H,22,24). The highest BCUT2D eigenvalue weighted by molar-refractivity contribution is 5.75. The lowest BCUT2D eigenvalue weighted by Gasteiger charge is -2.11. The van der Waals surface area contributed by atoms with Crippen molar-refractivity contribution in [2.24, 2.45) is 0 Å². The van der Waals surface area contributed by atoms with Gasteiger partial charge in [0.25, 0.3) is 5.56 Å². The van der Waals surface area contributed by atoms with Crippen LogP contribution in [0.3, 0.4) is 0 Å². The average Bonchev–Trinajstić information content (AvgIpc) is 2.61. The second-order valence-corrected chi connectivity index (χ2v) is 5.48. The van der Waals surface area contributed by atoms with Crippen LogP contribution in [0, 0.1) is 0 Å². The van der Waals surface area contributed by atoms with Gasteiger partial charge < -0.3 is 19.4 Å². The van der Waals surface area contributed by atoms with E-state index in [1.807, 2.05) is 6.92 Å². The molecule has 6 nitrogen and oxygen atoms in total. The number of alkyl halides is 3. The third-order valence-corrected chi connectivity index (χ3v) is 3.45. The van der Waals surface area contributed by atoms with Crippen molar-refractivity contribution >= 4 is 5.91 Å². The van der Waals surface area contributed by atoms with E-state index in [4.69, 9.17) is 9.47 Å². The molecule has 0 aliphatic heterocycles. The monoisotopic (exact) mass is 384 g/mol. The summed E-state index contributed by atoms with van der Waals surface area (Å²) in [5, 5.41) is 2.49. The number of carbonyl (C=O) groups is 1. The fraction of sp³-hybridized carbons (Fsp3) is 0.333. The third-order valence-electron chi connectivity index (χ3n) is 3.45. The number of halogens is 3. The van der Waals surface area contributed by atoms with Crippen molar-refractivity contribution in [3.8, 4) is 11.5 Å². The summed E-state index contributed by atoms with van der Waals surface area (Å²) in [4.78, 5) is 23.4. The maximum atomic E-state index is 12.7. The number of hydrogen-bond acceptors (Lipinski definition) is 4. The van der Waals surface area contributed by atoms with Crippen molar-refractivity contribution in [1.29, 1.82) is 0 Å². The molecule has 0 aliphatic carbocycles. The second-order valence-electron chi connectivity index (χ2n) is 5.48. The Morgan fingerprint density at radius 3 is 2.30 bits per heavy atom. The molecule has 1 aromatic carbocycles. The fourth-order valence-electron chi connectivity index (χ4n) is 2.19. The van der Waals surface area contributed by atoms with E-state index in [0.717, 1.165) is 6.07 Å². The first kappa shape index (κ1) is 20.3. The summed E-state index contributed by atoms with van der Waals surface area (Å²) in [6, 6.07) is 8.39. The van der Waals surface area contributed by atoms with Crippen molar-refractivity contribution in [3.63, 3.8) is 0 Å². The van der Waals surface area contributed by atoms with Crippen LogP contribution in [0.1, 0.15) is 12.5 Å². The molecule has 0 spiro atoms. The van der Waals surface area contributed by atoms with Crippen LogP contribution in [0.4, 0.5) is 13.2 Å². The molecule has 0 atom stereocenters. The summed E-state index contributed by atoms with van der Waals surface area (Å²) in [5.74, 6) is 0.707. The van der Waals surface area contributed by atoms with Crippen LogP contribution in [0.25, 0.3) is 0 Å². The lowest BCUT2D eigenvalue weighted by molar-refractivity contribution is -0.138. The summed E-state index contributed by atoms with van der Waals surface area (Å²) in [6.07, 6.45) is -3.96. The molecule has 2 aromatic rings. The Morgan fingerprint density at radius 1 is 1.07 bits per heavy atom. The van der Waals surface area contributed by atoms with Gasteiger partial charge in [-0.15, -0.1) is 0 Å². The maximum absolute atomic E-state index is 12.7. The quantitative estimate of drug-likeness (QED) is 0.710. The lowest BCUT2D eigenvalue weighted by Crippen LogP contribution is -2.34. The molecular weight excluding hydrogens is 365 g/mol. The van der Waals surface area contributed by atoms with Gasteiger partial charge in [-0.1, -0.05) is 0 Å². The Balaban J connectivity index is 1.80. The zero-order valence-electron chi connectivity index (χ0n) is 14.6. The zero-order chi connectivity index (χ0) is 19.9. The van der Waals surface area contributed by atoms with E-state index in [-0.39, 0.29) is 13.2 Å². The van der Waals surface area contributed by atoms with Gasteiger partial charge in [0.05, 0.1) is 18.7 Å². The predicted octanol–water partition coefficient (Wildman–Crippen LogP) is 2.46. The molecular formula is C18H19F3N2O4. The molecule has 0 aliphatic rings. The van der Waals surface area contributed by atoms with Crippen LogP contribution in [-0.4, -0.2) is 30.2 Å². The number of hydrogen-bond donors (Lipinski definition) is 1. The number of nitrogens with one attached hydrogen (secondary N) is 1. The minimum absolute atomic E-state index is 0.139. The van der Waals surface area contributed by atoms with E-state index in [1.54, 1.807) is 24.3 Å². The number of carbonyl (C=O) groups excluding carboxylic acids is 1. The highest BCUT2D eigenvalue weighted by atomic mass is 19.4. The lowest BCUT2D eigenvalue weighted by atomic mass is 10.3. The van der Waals surface area contributed by atoms with Crippen molar-refractivity contribution in [2.75, 3.05) is 19.8 Å². The minimum atomic E-state index is -4.59. The smallest absolute Gasteiger partial charge is 0.417 e. The van der Waals surface area contributed by atoms with Gasteiger partial charge in [0.2, 0.25) is 5.91 Å². The van der Waals surface area contributed by atoms with Crippen molar-refractivity contribution in [1.82, 2.24) is 9.88 Å². The largest absolute Gasteiger partial charge is 0.494 e. The van der Waals surface area contributed by atoms with Gasteiger partial charge in [-0.25, -0.2) is 0 Å². The summed E-state index contributed by atoms with van der Waals surface area (Å²) >= 11 is 0. The van der Waals surface area contributed by atoms with Gasteiger partial charge in [0.15, 0.2) is 0 Å². The van der Waals surface area contributed by atoms with E-state index in [1.165, 1.54) is 0 Å². The van der Waals surface area contributed by atoms with Crippen LogP contribution in [-0.2, 0) is 17.5 Å². The molecule has 1 N–H and O–H groups in total. The molecule has 27 heavy (non-hydrogen) atoms. The summed E-state index contributed by atoms with van der Waals surface area (Å²) in [7, 11) is 0. The Labute approximate surface area is 153 Å². The molecule has 0 bridgehead atoms. The average molecular weight is 384 g/mol. The van der Waals surface area contributed by atoms with Gasteiger partial charge in [0, 0.05) is 12.3 Å². The summed E-state index contributed by atoms with van der Waals surface area (Å²) < 4.78 is 49.5. The van der Waals surface area contributed by atoms with E-state index in [9.17, 15) is 22.8 Å². The van der Waals surface area contributed by atoms with Gasteiger partial charge in [-0.05, 0) is 37.3 Å². The first-order valence-corrected chi connectivity index (χ1v) is 8.19. The number of nitrogens with zero attached hydrogens (tertiary/aromatic N) is 1. The normalized spacial score (nSPS) is 11.1. The molecule has 1 aromatic heterocycles. The first-order valence-electron chi connectivity index (χ1n) is 8.19. The van der Waals surface area contributed by atoms with Crippen LogP contribution in [0.15, 0.2) is 47.4 Å². The Hall–Kier alpha value is -2.97. The highest BCUT2D eigenvalue weighted by Gasteiger charge is 2.31. The number of ether oxygens (including phenoxy) is 2. The molecule has 2 rings (SSSR count). The number of rotatable bonds is 8. The second kappa shape index (κ2) is 9.11. The Morgan fingerprint density at radius 2 is 1.70 bits per heavy atom. The number of amides is 1. The van der Waals surface area contributed by atoms with Gasteiger partial charge >= 0.3 is 6.18 Å². The SMILES string of the molecule is CCOc1ccc(OCCNC(=O)Cn2cc(C(F)(F)F)ccc2=O)cc1. The molecule has 0 radical (unpaired) electrons. The molecule has 0 saturated carbocycles. The highest BCUT2D eigenvalue weighted by Crippen LogP contribution is 2.27. The number of aromatic nitrogens is 1. The molecule has 1 heterocycles.